The lowest BCUT2D eigenvalue weighted by Gasteiger charge is -2.51. The number of halogens is 1. The van der Waals surface area contributed by atoms with Gasteiger partial charge in [0.1, 0.15) is 6.61 Å². The Bertz CT molecular complexity index is 535. The highest BCUT2D eigenvalue weighted by atomic mass is 28.5. The standard InChI is InChI=1S/C18H36FNO4Si2/c1-12(2)25(13(3)4)22-10-16-17(18(9,19)11-20(16)21)23-26(24-25,14(5)6)15(7)8/h11-17H,10H2,1-9H3/t16-,17-,18+/m1/s1. The maximum atomic E-state index is 15.2. The molecule has 0 aromatic carbocycles. The first-order valence-corrected chi connectivity index (χ1v) is 13.8. The number of fused-ring (bicyclic) bond motifs is 1. The molecule has 8 heteroatoms. The van der Waals surface area contributed by atoms with Crippen LogP contribution in [0.2, 0.25) is 22.2 Å². The van der Waals surface area contributed by atoms with Gasteiger partial charge in [-0.15, -0.1) is 0 Å². The molecular formula is C18H36FNO4Si2. The van der Waals surface area contributed by atoms with Crippen molar-refractivity contribution in [3.05, 3.63) is 5.21 Å². The van der Waals surface area contributed by atoms with Gasteiger partial charge in [0, 0.05) is 0 Å². The molecule has 0 aromatic rings. The van der Waals surface area contributed by atoms with E-state index in [1.807, 2.05) is 0 Å². The number of nitrogens with zero attached hydrogens (tertiary/aromatic N) is 1. The van der Waals surface area contributed by atoms with Crippen molar-refractivity contribution in [3.63, 3.8) is 0 Å². The van der Waals surface area contributed by atoms with Gasteiger partial charge in [-0.1, -0.05) is 55.4 Å². The molecule has 0 spiro atoms. The number of alkyl halides is 1. The first-order chi connectivity index (χ1) is 11.8. The molecule has 0 aliphatic carbocycles. The maximum absolute atomic E-state index is 15.2. The first kappa shape index (κ1) is 22.0. The monoisotopic (exact) mass is 405 g/mol. The number of hydroxylamine groups is 1. The van der Waals surface area contributed by atoms with Crippen molar-refractivity contribution in [1.82, 2.24) is 0 Å². The van der Waals surface area contributed by atoms with E-state index in [1.165, 1.54) is 6.92 Å². The van der Waals surface area contributed by atoms with E-state index in [4.69, 9.17) is 13.0 Å². The highest BCUT2D eigenvalue weighted by Gasteiger charge is 2.64. The van der Waals surface area contributed by atoms with Crippen molar-refractivity contribution in [2.45, 2.75) is 102 Å². The zero-order chi connectivity index (χ0) is 20.1. The van der Waals surface area contributed by atoms with Crippen LogP contribution in [-0.4, -0.2) is 52.5 Å². The summed E-state index contributed by atoms with van der Waals surface area (Å²) in [6, 6.07) is -0.664. The summed E-state index contributed by atoms with van der Waals surface area (Å²) in [5, 5.41) is 12.4. The van der Waals surface area contributed by atoms with E-state index in [1.54, 1.807) is 0 Å². The second kappa shape index (κ2) is 7.27. The summed E-state index contributed by atoms with van der Waals surface area (Å²) < 4.78 is 35.9. The SMILES string of the molecule is CC(C)[Si]1(C(C)C)OC[C@@H]2[C@@H](O[Si](C(C)C)(C(C)C)O1)[C@@](C)(F)C=[N+]2[O-]. The molecule has 2 rings (SSSR count). The molecule has 2 aliphatic heterocycles. The summed E-state index contributed by atoms with van der Waals surface area (Å²) in [7, 11) is -5.56. The molecule has 0 unspecified atom stereocenters. The van der Waals surface area contributed by atoms with Crippen LogP contribution in [0.15, 0.2) is 0 Å². The number of rotatable bonds is 4. The van der Waals surface area contributed by atoms with Gasteiger partial charge < -0.3 is 18.2 Å². The molecule has 2 aliphatic rings. The number of hydrogen-bond donors (Lipinski definition) is 0. The normalized spacial score (nSPS) is 34.2. The molecule has 152 valence electrons. The Balaban J connectivity index is 2.61. The fourth-order valence-corrected chi connectivity index (χ4v) is 15.7. The summed E-state index contributed by atoms with van der Waals surface area (Å²) in [5.74, 6) is 0. The van der Waals surface area contributed by atoms with Gasteiger partial charge in [0.15, 0.2) is 12.3 Å². The van der Waals surface area contributed by atoms with Crippen LogP contribution in [0.1, 0.15) is 62.3 Å². The van der Waals surface area contributed by atoms with Gasteiger partial charge in [0.2, 0.25) is 11.7 Å². The lowest BCUT2D eigenvalue weighted by atomic mass is 10.0. The topological polar surface area (TPSA) is 53.8 Å². The third-order valence-electron chi connectivity index (χ3n) is 5.94. The van der Waals surface area contributed by atoms with E-state index in [0.717, 1.165) is 6.21 Å². The van der Waals surface area contributed by atoms with Crippen LogP contribution in [0.3, 0.4) is 0 Å². The zero-order valence-electron chi connectivity index (χ0n) is 17.7. The van der Waals surface area contributed by atoms with Crippen LogP contribution < -0.4 is 0 Å². The van der Waals surface area contributed by atoms with Gasteiger partial charge in [-0.3, -0.25) is 0 Å². The molecule has 26 heavy (non-hydrogen) atoms. The van der Waals surface area contributed by atoms with Crippen molar-refractivity contribution in [2.75, 3.05) is 6.61 Å². The van der Waals surface area contributed by atoms with Gasteiger partial charge in [0.05, 0.1) is 0 Å². The van der Waals surface area contributed by atoms with E-state index < -0.39 is 34.9 Å². The summed E-state index contributed by atoms with van der Waals surface area (Å²) in [4.78, 5) is 0. The van der Waals surface area contributed by atoms with E-state index in [0.29, 0.717) is 4.74 Å². The maximum Gasteiger partial charge on any atom is 0.335 e. The molecule has 0 saturated carbocycles. The zero-order valence-corrected chi connectivity index (χ0v) is 19.7. The Morgan fingerprint density at radius 2 is 1.46 bits per heavy atom. The van der Waals surface area contributed by atoms with Crippen molar-refractivity contribution in [2.24, 2.45) is 0 Å². The Morgan fingerprint density at radius 1 is 1.00 bits per heavy atom. The van der Waals surface area contributed by atoms with Crippen molar-refractivity contribution in [1.29, 1.82) is 0 Å². The molecule has 1 fully saturated rings. The molecule has 0 radical (unpaired) electrons. The second-order valence-electron chi connectivity index (χ2n) is 9.22. The van der Waals surface area contributed by atoms with Crippen LogP contribution in [0.4, 0.5) is 4.39 Å². The van der Waals surface area contributed by atoms with Crippen LogP contribution >= 0.6 is 0 Å². The molecule has 0 N–H and O–H groups in total. The van der Waals surface area contributed by atoms with E-state index >= 15 is 4.39 Å². The highest BCUT2D eigenvalue weighted by molar-refractivity contribution is 6.84. The summed E-state index contributed by atoms with van der Waals surface area (Å²) in [6.45, 7) is 18.4. The number of hydrogen-bond acceptors (Lipinski definition) is 4. The Labute approximate surface area is 160 Å². The summed E-state index contributed by atoms with van der Waals surface area (Å²) >= 11 is 0. The summed E-state index contributed by atoms with van der Waals surface area (Å²) in [6.07, 6.45) is 0.243. The Hall–Kier alpha value is -0.286. The van der Waals surface area contributed by atoms with Gasteiger partial charge >= 0.3 is 17.1 Å². The Morgan fingerprint density at radius 3 is 1.88 bits per heavy atom. The van der Waals surface area contributed by atoms with Crippen molar-refractivity contribution < 1.29 is 22.1 Å². The molecule has 0 bridgehead atoms. The van der Waals surface area contributed by atoms with E-state index in [-0.39, 0.29) is 28.8 Å². The van der Waals surface area contributed by atoms with Gasteiger partial charge in [-0.2, -0.15) is 0 Å². The van der Waals surface area contributed by atoms with E-state index in [9.17, 15) is 5.21 Å². The van der Waals surface area contributed by atoms with Gasteiger partial charge in [0.25, 0.3) is 0 Å². The van der Waals surface area contributed by atoms with Gasteiger partial charge in [-0.25, -0.2) is 9.13 Å². The minimum atomic E-state index is -2.87. The molecule has 2 heterocycles. The van der Waals surface area contributed by atoms with Crippen LogP contribution in [0.5, 0.6) is 0 Å². The first-order valence-electron chi connectivity index (χ1n) is 9.82. The molecule has 0 amide bonds. The van der Waals surface area contributed by atoms with Crippen LogP contribution in [0.25, 0.3) is 0 Å². The minimum absolute atomic E-state index is 0.116. The average molecular weight is 406 g/mol. The van der Waals surface area contributed by atoms with Crippen molar-refractivity contribution >= 4 is 23.3 Å². The lowest BCUT2D eigenvalue weighted by Crippen LogP contribution is -2.67. The highest BCUT2D eigenvalue weighted by Crippen LogP contribution is 2.47. The molecule has 1 saturated heterocycles. The average Bonchev–Trinajstić information content (AvgIpc) is 2.65. The largest absolute Gasteiger partial charge is 0.624 e. The molecule has 0 aromatic heterocycles. The van der Waals surface area contributed by atoms with Crippen LogP contribution in [0, 0.1) is 5.21 Å². The second-order valence-corrected chi connectivity index (χ2v) is 18.1. The van der Waals surface area contributed by atoms with Crippen LogP contribution in [-0.2, 0) is 13.0 Å². The third-order valence-corrected chi connectivity index (χ3v) is 16.2. The van der Waals surface area contributed by atoms with Gasteiger partial charge in [-0.05, 0) is 29.1 Å². The summed E-state index contributed by atoms with van der Waals surface area (Å²) in [5.41, 5.74) is -1.18. The minimum Gasteiger partial charge on any atom is -0.624 e. The Kier molecular flexibility index (Phi) is 6.16. The predicted octanol–water partition coefficient (Wildman–Crippen LogP) is 4.63. The smallest absolute Gasteiger partial charge is 0.335 e. The fraction of sp³-hybridized carbons (Fsp3) is 0.944. The third kappa shape index (κ3) is 3.43. The quantitative estimate of drug-likeness (QED) is 0.389. The fourth-order valence-electron chi connectivity index (χ4n) is 4.41. The molecular weight excluding hydrogens is 369 g/mol. The molecule has 5 nitrogen and oxygen atoms in total. The van der Waals surface area contributed by atoms with Crippen molar-refractivity contribution in [3.8, 4) is 0 Å². The predicted molar refractivity (Wildman–Crippen MR) is 107 cm³/mol. The lowest BCUT2D eigenvalue weighted by molar-refractivity contribution is -0.500. The molecule has 3 atom stereocenters. The van der Waals surface area contributed by atoms with E-state index in [2.05, 4.69) is 55.4 Å².